The Hall–Kier alpha value is -0.590. The van der Waals surface area contributed by atoms with Gasteiger partial charge in [0.15, 0.2) is 5.78 Å². The molecule has 0 bridgehead atoms. The summed E-state index contributed by atoms with van der Waals surface area (Å²) in [5.74, 6) is 1.05. The monoisotopic (exact) mass is 178 g/mol. The molecular formula is C12H18O. The number of hydrogen-bond donors (Lipinski definition) is 0. The SMILES string of the molecule is CCC12CCCCC1C=CC(=O)C2. The zero-order valence-corrected chi connectivity index (χ0v) is 8.38. The summed E-state index contributed by atoms with van der Waals surface area (Å²) >= 11 is 0. The van der Waals surface area contributed by atoms with Crippen LogP contribution in [0.15, 0.2) is 12.2 Å². The second-order valence-corrected chi connectivity index (χ2v) is 4.57. The average molecular weight is 178 g/mol. The first kappa shape index (κ1) is 8.98. The number of hydrogen-bond acceptors (Lipinski definition) is 1. The van der Waals surface area contributed by atoms with Gasteiger partial charge in [0, 0.05) is 6.42 Å². The van der Waals surface area contributed by atoms with Crippen LogP contribution in [0.2, 0.25) is 0 Å². The third kappa shape index (κ3) is 1.45. The summed E-state index contributed by atoms with van der Waals surface area (Å²) in [6.45, 7) is 2.24. The minimum atomic E-state index is 0.347. The number of fused-ring (bicyclic) bond motifs is 1. The van der Waals surface area contributed by atoms with Crippen molar-refractivity contribution in [3.8, 4) is 0 Å². The molecule has 72 valence electrons. The van der Waals surface area contributed by atoms with Gasteiger partial charge >= 0.3 is 0 Å². The van der Waals surface area contributed by atoms with Gasteiger partial charge in [-0.25, -0.2) is 0 Å². The molecule has 1 fully saturated rings. The predicted octanol–water partition coefficient (Wildman–Crippen LogP) is 3.10. The van der Waals surface area contributed by atoms with Crippen LogP contribution in [0.5, 0.6) is 0 Å². The topological polar surface area (TPSA) is 17.1 Å². The van der Waals surface area contributed by atoms with Gasteiger partial charge in [0.25, 0.3) is 0 Å². The van der Waals surface area contributed by atoms with E-state index in [1.54, 1.807) is 0 Å². The molecule has 2 aliphatic rings. The van der Waals surface area contributed by atoms with Crippen molar-refractivity contribution < 1.29 is 4.79 Å². The summed E-state index contributed by atoms with van der Waals surface area (Å²) in [6.07, 6.45) is 11.2. The van der Waals surface area contributed by atoms with Crippen LogP contribution in [-0.2, 0) is 4.79 Å². The third-order valence-corrected chi connectivity index (χ3v) is 3.97. The zero-order valence-electron chi connectivity index (χ0n) is 8.38. The summed E-state index contributed by atoms with van der Waals surface area (Å²) < 4.78 is 0. The van der Waals surface area contributed by atoms with Crippen LogP contribution in [0.4, 0.5) is 0 Å². The Kier molecular flexibility index (Phi) is 2.27. The molecule has 0 aromatic heterocycles. The normalized spacial score (nSPS) is 38.8. The first-order valence-electron chi connectivity index (χ1n) is 5.48. The highest BCUT2D eigenvalue weighted by Gasteiger charge is 2.40. The zero-order chi connectivity index (χ0) is 9.31. The van der Waals surface area contributed by atoms with E-state index in [2.05, 4.69) is 13.0 Å². The van der Waals surface area contributed by atoms with Gasteiger partial charge in [0.05, 0.1) is 0 Å². The molecule has 2 unspecified atom stereocenters. The van der Waals surface area contributed by atoms with E-state index in [1.165, 1.54) is 32.1 Å². The lowest BCUT2D eigenvalue weighted by Gasteiger charge is -2.44. The van der Waals surface area contributed by atoms with Crippen molar-refractivity contribution in [3.05, 3.63) is 12.2 Å². The summed E-state index contributed by atoms with van der Waals surface area (Å²) in [6, 6.07) is 0. The molecule has 0 aromatic rings. The molecule has 0 N–H and O–H groups in total. The van der Waals surface area contributed by atoms with Gasteiger partial charge in [-0.05, 0) is 36.7 Å². The molecule has 1 nitrogen and oxygen atoms in total. The molecule has 0 radical (unpaired) electrons. The van der Waals surface area contributed by atoms with Crippen LogP contribution < -0.4 is 0 Å². The molecule has 0 amide bonds. The summed E-state index contributed by atoms with van der Waals surface area (Å²) in [4.78, 5) is 11.4. The first-order valence-corrected chi connectivity index (χ1v) is 5.48. The van der Waals surface area contributed by atoms with Gasteiger partial charge in [-0.15, -0.1) is 0 Å². The maximum absolute atomic E-state index is 11.4. The number of rotatable bonds is 1. The Morgan fingerprint density at radius 1 is 1.54 bits per heavy atom. The van der Waals surface area contributed by atoms with Crippen molar-refractivity contribution in [2.24, 2.45) is 11.3 Å². The van der Waals surface area contributed by atoms with Crippen molar-refractivity contribution in [1.82, 2.24) is 0 Å². The van der Waals surface area contributed by atoms with Crippen LogP contribution >= 0.6 is 0 Å². The van der Waals surface area contributed by atoms with Gasteiger partial charge in [0.2, 0.25) is 0 Å². The Labute approximate surface area is 80.2 Å². The molecule has 2 rings (SSSR count). The maximum atomic E-state index is 11.4. The van der Waals surface area contributed by atoms with E-state index in [0.717, 1.165) is 6.42 Å². The van der Waals surface area contributed by atoms with Crippen LogP contribution in [-0.4, -0.2) is 5.78 Å². The van der Waals surface area contributed by atoms with Gasteiger partial charge < -0.3 is 0 Å². The fourth-order valence-electron chi connectivity index (χ4n) is 3.05. The molecule has 1 saturated carbocycles. The smallest absolute Gasteiger partial charge is 0.155 e. The minimum Gasteiger partial charge on any atom is -0.295 e. The number of allylic oxidation sites excluding steroid dienone is 2. The van der Waals surface area contributed by atoms with E-state index in [9.17, 15) is 4.79 Å². The highest BCUT2D eigenvalue weighted by molar-refractivity contribution is 5.91. The number of carbonyl (C=O) groups excluding carboxylic acids is 1. The first-order chi connectivity index (χ1) is 6.27. The molecule has 13 heavy (non-hydrogen) atoms. The number of ketones is 1. The van der Waals surface area contributed by atoms with Gasteiger partial charge in [-0.3, -0.25) is 4.79 Å². The second kappa shape index (κ2) is 3.28. The summed E-state index contributed by atoms with van der Waals surface area (Å²) in [7, 11) is 0. The van der Waals surface area contributed by atoms with Gasteiger partial charge in [0.1, 0.15) is 0 Å². The van der Waals surface area contributed by atoms with Crippen LogP contribution in [0, 0.1) is 11.3 Å². The van der Waals surface area contributed by atoms with Crippen molar-refractivity contribution in [3.63, 3.8) is 0 Å². The van der Waals surface area contributed by atoms with Crippen molar-refractivity contribution in [2.45, 2.75) is 45.4 Å². The lowest BCUT2D eigenvalue weighted by molar-refractivity contribution is -0.119. The van der Waals surface area contributed by atoms with E-state index >= 15 is 0 Å². The Balaban J connectivity index is 2.26. The fourth-order valence-corrected chi connectivity index (χ4v) is 3.05. The van der Waals surface area contributed by atoms with E-state index in [0.29, 0.717) is 17.1 Å². The van der Waals surface area contributed by atoms with E-state index in [-0.39, 0.29) is 0 Å². The summed E-state index contributed by atoms with van der Waals surface area (Å²) in [5.41, 5.74) is 0.351. The van der Waals surface area contributed by atoms with Crippen molar-refractivity contribution >= 4 is 5.78 Å². The third-order valence-electron chi connectivity index (χ3n) is 3.97. The largest absolute Gasteiger partial charge is 0.295 e. The van der Waals surface area contributed by atoms with Gasteiger partial charge in [-0.2, -0.15) is 0 Å². The molecule has 2 atom stereocenters. The lowest BCUT2D eigenvalue weighted by atomic mass is 9.60. The van der Waals surface area contributed by atoms with Crippen molar-refractivity contribution in [2.75, 3.05) is 0 Å². The average Bonchev–Trinajstić information content (AvgIpc) is 2.17. The van der Waals surface area contributed by atoms with Crippen LogP contribution in [0.1, 0.15) is 45.4 Å². The van der Waals surface area contributed by atoms with E-state index in [4.69, 9.17) is 0 Å². The molecule has 0 saturated heterocycles. The predicted molar refractivity (Wildman–Crippen MR) is 53.4 cm³/mol. The standard InChI is InChI=1S/C12H18O/c1-2-12-8-4-3-5-10(12)6-7-11(13)9-12/h6-7,10H,2-5,8-9H2,1H3. The van der Waals surface area contributed by atoms with Gasteiger partial charge in [-0.1, -0.05) is 25.8 Å². The molecule has 0 aliphatic heterocycles. The Morgan fingerprint density at radius 2 is 2.38 bits per heavy atom. The minimum absolute atomic E-state index is 0.347. The highest BCUT2D eigenvalue weighted by atomic mass is 16.1. The molecule has 0 aromatic carbocycles. The number of carbonyl (C=O) groups is 1. The summed E-state index contributed by atoms with van der Waals surface area (Å²) in [5, 5.41) is 0. The van der Waals surface area contributed by atoms with E-state index < -0.39 is 0 Å². The highest BCUT2D eigenvalue weighted by Crippen LogP contribution is 2.49. The van der Waals surface area contributed by atoms with Crippen LogP contribution in [0.25, 0.3) is 0 Å². The van der Waals surface area contributed by atoms with Crippen molar-refractivity contribution in [1.29, 1.82) is 0 Å². The lowest BCUT2D eigenvalue weighted by Crippen LogP contribution is -2.36. The van der Waals surface area contributed by atoms with Crippen LogP contribution in [0.3, 0.4) is 0 Å². The quantitative estimate of drug-likeness (QED) is 0.603. The molecular weight excluding hydrogens is 160 g/mol. The molecule has 0 heterocycles. The fraction of sp³-hybridized carbons (Fsp3) is 0.750. The Morgan fingerprint density at radius 3 is 3.15 bits per heavy atom. The Bertz CT molecular complexity index is 242. The maximum Gasteiger partial charge on any atom is 0.155 e. The van der Waals surface area contributed by atoms with E-state index in [1.807, 2.05) is 6.08 Å². The molecule has 2 aliphatic carbocycles. The second-order valence-electron chi connectivity index (χ2n) is 4.57. The molecule has 1 heteroatoms. The molecule has 0 spiro atoms.